The predicted molar refractivity (Wildman–Crippen MR) is 115 cm³/mol. The fourth-order valence-corrected chi connectivity index (χ4v) is 3.57. The molecule has 0 unspecified atom stereocenters. The van der Waals surface area contributed by atoms with E-state index in [4.69, 9.17) is 18.9 Å². The molecule has 0 saturated carbocycles. The van der Waals surface area contributed by atoms with E-state index >= 15 is 0 Å². The van der Waals surface area contributed by atoms with Gasteiger partial charge in [-0.15, -0.1) is 0 Å². The third-order valence-corrected chi connectivity index (χ3v) is 5.16. The summed E-state index contributed by atoms with van der Waals surface area (Å²) in [5, 5.41) is 10.8. The first kappa shape index (κ1) is 20.3. The maximum Gasteiger partial charge on any atom is 0.343 e. The number of nitro groups is 1. The normalized spacial score (nSPS) is 14.7. The van der Waals surface area contributed by atoms with Crippen molar-refractivity contribution >= 4 is 23.5 Å². The summed E-state index contributed by atoms with van der Waals surface area (Å²) in [6.07, 6.45) is 1.50. The second kappa shape index (κ2) is 7.79. The Labute approximate surface area is 186 Å². The van der Waals surface area contributed by atoms with E-state index in [2.05, 4.69) is 0 Å². The Morgan fingerprint density at radius 3 is 2.55 bits per heavy atom. The number of non-ortho nitro benzene ring substituents is 1. The van der Waals surface area contributed by atoms with Crippen LogP contribution in [0.4, 0.5) is 5.69 Å². The van der Waals surface area contributed by atoms with Gasteiger partial charge < -0.3 is 18.9 Å². The Kier molecular flexibility index (Phi) is 4.78. The predicted octanol–water partition coefficient (Wildman–Crippen LogP) is 4.47. The van der Waals surface area contributed by atoms with Crippen LogP contribution in [0.2, 0.25) is 0 Å². The summed E-state index contributed by atoms with van der Waals surface area (Å²) in [4.78, 5) is 35.7. The number of nitrogens with zero attached hydrogens (tertiary/aromatic N) is 1. The lowest BCUT2D eigenvalue weighted by Gasteiger charge is -2.08. The molecule has 0 aliphatic carbocycles. The molecule has 0 amide bonds. The monoisotopic (exact) mass is 445 g/mol. The molecule has 9 nitrogen and oxygen atoms in total. The smallest absolute Gasteiger partial charge is 0.343 e. The molecule has 5 rings (SSSR count). The zero-order chi connectivity index (χ0) is 23.1. The van der Waals surface area contributed by atoms with Crippen LogP contribution in [0.15, 0.2) is 60.4 Å². The molecule has 2 aliphatic rings. The highest BCUT2D eigenvalue weighted by atomic mass is 16.7. The van der Waals surface area contributed by atoms with Gasteiger partial charge in [-0.3, -0.25) is 14.9 Å². The topological polar surface area (TPSA) is 114 Å². The number of hydrogen-bond donors (Lipinski definition) is 0. The second-order valence-corrected chi connectivity index (χ2v) is 7.36. The number of nitro benzene ring substituents is 1. The molecule has 164 valence electrons. The molecule has 33 heavy (non-hydrogen) atoms. The lowest BCUT2D eigenvalue weighted by atomic mass is 10.0. The lowest BCUT2D eigenvalue weighted by Crippen LogP contribution is -2.08. The van der Waals surface area contributed by atoms with E-state index in [1.165, 1.54) is 42.5 Å². The van der Waals surface area contributed by atoms with E-state index in [9.17, 15) is 19.7 Å². The average molecular weight is 445 g/mol. The summed E-state index contributed by atoms with van der Waals surface area (Å²) < 4.78 is 21.7. The third kappa shape index (κ3) is 3.76. The van der Waals surface area contributed by atoms with Crippen LogP contribution >= 0.6 is 0 Å². The van der Waals surface area contributed by atoms with Gasteiger partial charge in [-0.25, -0.2) is 4.79 Å². The largest absolute Gasteiger partial charge is 0.454 e. The highest BCUT2D eigenvalue weighted by molar-refractivity contribution is 6.15. The molecule has 0 spiro atoms. The number of ether oxygens (including phenoxy) is 4. The quantitative estimate of drug-likeness (QED) is 0.190. The van der Waals surface area contributed by atoms with Gasteiger partial charge in [-0.1, -0.05) is 0 Å². The first-order valence-corrected chi connectivity index (χ1v) is 9.84. The zero-order valence-corrected chi connectivity index (χ0v) is 17.2. The lowest BCUT2D eigenvalue weighted by molar-refractivity contribution is -0.384. The van der Waals surface area contributed by atoms with Crippen molar-refractivity contribution in [1.82, 2.24) is 0 Å². The van der Waals surface area contributed by atoms with Crippen molar-refractivity contribution in [2.45, 2.75) is 6.92 Å². The Hall–Kier alpha value is -4.66. The molecule has 3 aromatic carbocycles. The van der Waals surface area contributed by atoms with Crippen molar-refractivity contribution < 1.29 is 33.5 Å². The molecular formula is C24H15NO8. The molecule has 0 saturated heterocycles. The van der Waals surface area contributed by atoms with Crippen LogP contribution in [-0.4, -0.2) is 23.5 Å². The molecule has 0 fully saturated rings. The summed E-state index contributed by atoms with van der Waals surface area (Å²) in [7, 11) is 0. The summed E-state index contributed by atoms with van der Waals surface area (Å²) in [5.74, 6) is 0.651. The fraction of sp³-hybridized carbons (Fsp3) is 0.0833. The number of rotatable bonds is 4. The molecule has 0 bridgehead atoms. The Balaban J connectivity index is 1.37. The average Bonchev–Trinajstić information content (AvgIpc) is 3.38. The van der Waals surface area contributed by atoms with E-state index in [1.54, 1.807) is 25.1 Å². The van der Waals surface area contributed by atoms with Gasteiger partial charge in [0.25, 0.3) is 5.69 Å². The second-order valence-electron chi connectivity index (χ2n) is 7.36. The summed E-state index contributed by atoms with van der Waals surface area (Å²) in [6.45, 7) is 1.81. The van der Waals surface area contributed by atoms with Crippen molar-refractivity contribution in [3.05, 3.63) is 92.7 Å². The fourth-order valence-electron chi connectivity index (χ4n) is 3.57. The van der Waals surface area contributed by atoms with Crippen LogP contribution in [0.25, 0.3) is 6.08 Å². The minimum Gasteiger partial charge on any atom is -0.454 e. The van der Waals surface area contributed by atoms with Gasteiger partial charge in [0.15, 0.2) is 17.3 Å². The standard InChI is InChI=1S/C24H15NO8/c1-13-8-17(32-24(27)15-4-7-18-19(10-15)31-12-30-18)11-20-22(13)23(26)21(33-20)9-14-2-5-16(6-3-14)25(28)29/h2-11H,12H2,1H3/b21-9-. The Morgan fingerprint density at radius 1 is 1.03 bits per heavy atom. The molecule has 3 aromatic rings. The van der Waals surface area contributed by atoms with Gasteiger partial charge in [-0.2, -0.15) is 0 Å². The molecule has 0 radical (unpaired) electrons. The summed E-state index contributed by atoms with van der Waals surface area (Å²) in [5.41, 5.74) is 1.75. The van der Waals surface area contributed by atoms with Gasteiger partial charge in [0.1, 0.15) is 11.5 Å². The Bertz CT molecular complexity index is 1360. The minimum absolute atomic E-state index is 0.0520. The number of esters is 1. The van der Waals surface area contributed by atoms with Gasteiger partial charge in [0, 0.05) is 18.2 Å². The van der Waals surface area contributed by atoms with Gasteiger partial charge in [0.05, 0.1) is 16.1 Å². The van der Waals surface area contributed by atoms with Crippen molar-refractivity contribution in [1.29, 1.82) is 0 Å². The Morgan fingerprint density at radius 2 is 1.79 bits per heavy atom. The van der Waals surface area contributed by atoms with Crippen LogP contribution < -0.4 is 18.9 Å². The summed E-state index contributed by atoms with van der Waals surface area (Å²) >= 11 is 0. The van der Waals surface area contributed by atoms with Gasteiger partial charge >= 0.3 is 5.97 Å². The first-order chi connectivity index (χ1) is 15.9. The van der Waals surface area contributed by atoms with Gasteiger partial charge in [0.2, 0.25) is 12.6 Å². The minimum atomic E-state index is -0.599. The zero-order valence-electron chi connectivity index (χ0n) is 17.2. The van der Waals surface area contributed by atoms with Crippen LogP contribution in [0.3, 0.4) is 0 Å². The first-order valence-electron chi connectivity index (χ1n) is 9.84. The van der Waals surface area contributed by atoms with E-state index < -0.39 is 10.9 Å². The number of hydrogen-bond acceptors (Lipinski definition) is 8. The maximum atomic E-state index is 12.8. The molecule has 0 atom stereocenters. The number of aryl methyl sites for hydroxylation is 1. The van der Waals surface area contributed by atoms with E-state index in [0.29, 0.717) is 28.2 Å². The van der Waals surface area contributed by atoms with Crippen LogP contribution in [-0.2, 0) is 0 Å². The molecule has 2 aliphatic heterocycles. The molecule has 9 heteroatoms. The van der Waals surface area contributed by atoms with Crippen LogP contribution in [0, 0.1) is 17.0 Å². The maximum absolute atomic E-state index is 12.8. The van der Waals surface area contributed by atoms with Crippen LogP contribution in [0.5, 0.6) is 23.0 Å². The number of ketones is 1. The highest BCUT2D eigenvalue weighted by Crippen LogP contribution is 2.38. The SMILES string of the molecule is Cc1cc(OC(=O)c2ccc3c(c2)OCO3)cc2c1C(=O)/C(=C/c1ccc([N+](=O)[O-])cc1)O2. The number of Topliss-reactive ketones (excluding diaryl/α,β-unsaturated/α-hetero) is 1. The van der Waals surface area contributed by atoms with E-state index in [-0.39, 0.29) is 41.1 Å². The third-order valence-electron chi connectivity index (χ3n) is 5.16. The van der Waals surface area contributed by atoms with Gasteiger partial charge in [-0.05, 0) is 60.5 Å². The van der Waals surface area contributed by atoms with Crippen molar-refractivity contribution in [3.63, 3.8) is 0 Å². The van der Waals surface area contributed by atoms with Crippen LogP contribution in [0.1, 0.15) is 31.8 Å². The molecular weight excluding hydrogens is 430 g/mol. The number of carbonyl (C=O) groups is 2. The molecule has 2 heterocycles. The summed E-state index contributed by atoms with van der Waals surface area (Å²) in [6, 6.07) is 13.5. The number of benzene rings is 3. The van der Waals surface area contributed by atoms with E-state index in [1.807, 2.05) is 0 Å². The molecule has 0 N–H and O–H groups in total. The highest BCUT2D eigenvalue weighted by Gasteiger charge is 2.30. The van der Waals surface area contributed by atoms with Crippen molar-refractivity contribution in [2.75, 3.05) is 6.79 Å². The van der Waals surface area contributed by atoms with Crippen molar-refractivity contribution in [2.24, 2.45) is 0 Å². The number of fused-ring (bicyclic) bond motifs is 2. The van der Waals surface area contributed by atoms with E-state index in [0.717, 1.165) is 0 Å². The number of allylic oxidation sites excluding steroid dienone is 1. The van der Waals surface area contributed by atoms with Crippen molar-refractivity contribution in [3.8, 4) is 23.0 Å². The number of carbonyl (C=O) groups excluding carboxylic acids is 2. The molecule has 0 aromatic heterocycles.